The van der Waals surface area contributed by atoms with E-state index < -0.39 is 0 Å². The largest absolute Gasteiger partial charge is 0.354 e. The van der Waals surface area contributed by atoms with Crippen molar-refractivity contribution >= 4 is 23.2 Å². The lowest BCUT2D eigenvalue weighted by atomic mass is 10.0. The quantitative estimate of drug-likeness (QED) is 0.776. The molecule has 0 saturated carbocycles. The van der Waals surface area contributed by atoms with Gasteiger partial charge in [-0.2, -0.15) is 0 Å². The van der Waals surface area contributed by atoms with Crippen LogP contribution in [0.4, 0.5) is 11.4 Å². The smallest absolute Gasteiger partial charge is 0.195 e. The Morgan fingerprint density at radius 1 is 0.769 bits per heavy atom. The maximum Gasteiger partial charge on any atom is 0.195 e. The standard InChI is InChI=1S/C21H25N5/c1-2-20(22-13-1)25-18-9-5-16(6-10-18)3-4-17-7-11-19(12-8-17)26-21-23-14-15-24-21/h5-12H,1-4,13-15H2,(H,22,25)(H2,23,24,26). The Balaban J connectivity index is 1.28. The summed E-state index contributed by atoms with van der Waals surface area (Å²) in [5.41, 5.74) is 4.91. The van der Waals surface area contributed by atoms with Crippen molar-refractivity contribution in [2.24, 2.45) is 9.98 Å². The van der Waals surface area contributed by atoms with Crippen LogP contribution >= 0.6 is 0 Å². The van der Waals surface area contributed by atoms with E-state index in [-0.39, 0.29) is 0 Å². The molecule has 5 heteroatoms. The first kappa shape index (κ1) is 16.6. The summed E-state index contributed by atoms with van der Waals surface area (Å²) in [5.74, 6) is 1.99. The molecule has 3 N–H and O–H groups in total. The van der Waals surface area contributed by atoms with Crippen molar-refractivity contribution in [3.63, 3.8) is 0 Å². The van der Waals surface area contributed by atoms with Crippen LogP contribution in [0.2, 0.25) is 0 Å². The number of nitrogens with zero attached hydrogens (tertiary/aromatic N) is 2. The number of aliphatic imine (C=N–C) groups is 2. The molecule has 0 unspecified atom stereocenters. The van der Waals surface area contributed by atoms with E-state index >= 15 is 0 Å². The maximum atomic E-state index is 4.46. The van der Waals surface area contributed by atoms with Gasteiger partial charge in [0.1, 0.15) is 5.84 Å². The van der Waals surface area contributed by atoms with E-state index in [1.807, 2.05) is 0 Å². The summed E-state index contributed by atoms with van der Waals surface area (Å²) < 4.78 is 0. The molecule has 0 spiro atoms. The van der Waals surface area contributed by atoms with Crippen LogP contribution in [0.25, 0.3) is 0 Å². The Morgan fingerprint density at radius 2 is 1.42 bits per heavy atom. The van der Waals surface area contributed by atoms with Gasteiger partial charge in [0.05, 0.1) is 6.54 Å². The molecule has 0 bridgehead atoms. The number of benzene rings is 2. The summed E-state index contributed by atoms with van der Waals surface area (Å²) >= 11 is 0. The minimum absolute atomic E-state index is 0.850. The summed E-state index contributed by atoms with van der Waals surface area (Å²) in [6.07, 6.45) is 4.32. The minimum Gasteiger partial charge on any atom is -0.354 e. The lowest BCUT2D eigenvalue weighted by Gasteiger charge is -2.09. The average Bonchev–Trinajstić information content (AvgIpc) is 3.37. The van der Waals surface area contributed by atoms with E-state index in [0.717, 1.165) is 62.1 Å². The van der Waals surface area contributed by atoms with E-state index in [0.29, 0.717) is 0 Å². The van der Waals surface area contributed by atoms with Crippen LogP contribution in [-0.4, -0.2) is 31.4 Å². The number of hydrogen-bond acceptors (Lipinski definition) is 5. The lowest BCUT2D eigenvalue weighted by Crippen LogP contribution is -2.26. The molecular weight excluding hydrogens is 322 g/mol. The SMILES string of the molecule is c1cc(NC2=NCCC2)ccc1CCc1ccc(NC2=NCCN2)cc1. The molecule has 0 aromatic heterocycles. The predicted molar refractivity (Wildman–Crippen MR) is 109 cm³/mol. The topological polar surface area (TPSA) is 60.8 Å². The van der Waals surface area contributed by atoms with E-state index in [1.165, 1.54) is 17.5 Å². The highest BCUT2D eigenvalue weighted by molar-refractivity contribution is 5.96. The van der Waals surface area contributed by atoms with Gasteiger partial charge in [-0.15, -0.1) is 0 Å². The fraction of sp³-hybridized carbons (Fsp3) is 0.333. The molecule has 0 saturated heterocycles. The molecule has 0 fully saturated rings. The van der Waals surface area contributed by atoms with Crippen molar-refractivity contribution in [2.75, 3.05) is 30.3 Å². The second-order valence-electron chi connectivity index (χ2n) is 6.73. The molecule has 2 aromatic rings. The fourth-order valence-corrected chi connectivity index (χ4v) is 3.22. The Bertz CT molecular complexity index is 721. The highest BCUT2D eigenvalue weighted by atomic mass is 15.2. The Labute approximate surface area is 154 Å². The van der Waals surface area contributed by atoms with E-state index in [9.17, 15) is 0 Å². The second kappa shape index (κ2) is 8.04. The van der Waals surface area contributed by atoms with Gasteiger partial charge in [0, 0.05) is 30.9 Å². The van der Waals surface area contributed by atoms with Crippen molar-refractivity contribution in [3.05, 3.63) is 59.7 Å². The van der Waals surface area contributed by atoms with Crippen LogP contribution in [0.15, 0.2) is 58.5 Å². The molecular formula is C21H25N5. The predicted octanol–water partition coefficient (Wildman–Crippen LogP) is 3.45. The second-order valence-corrected chi connectivity index (χ2v) is 6.73. The zero-order valence-electron chi connectivity index (χ0n) is 15.0. The van der Waals surface area contributed by atoms with Crippen molar-refractivity contribution < 1.29 is 0 Å². The number of nitrogens with one attached hydrogen (secondary N) is 3. The first-order valence-electron chi connectivity index (χ1n) is 9.39. The van der Waals surface area contributed by atoms with Crippen LogP contribution in [0, 0.1) is 0 Å². The van der Waals surface area contributed by atoms with Crippen molar-refractivity contribution in [3.8, 4) is 0 Å². The molecule has 2 aliphatic rings. The van der Waals surface area contributed by atoms with Gasteiger partial charge in [0.2, 0.25) is 0 Å². The summed E-state index contributed by atoms with van der Waals surface area (Å²) in [7, 11) is 0. The first-order valence-corrected chi connectivity index (χ1v) is 9.39. The molecule has 4 rings (SSSR count). The molecule has 2 aliphatic heterocycles. The Morgan fingerprint density at radius 3 is 1.96 bits per heavy atom. The fourth-order valence-electron chi connectivity index (χ4n) is 3.22. The third-order valence-corrected chi connectivity index (χ3v) is 4.71. The number of guanidine groups is 1. The summed E-state index contributed by atoms with van der Waals surface area (Å²) in [4.78, 5) is 8.81. The normalized spacial score (nSPS) is 16.0. The lowest BCUT2D eigenvalue weighted by molar-refractivity contribution is 0.951. The van der Waals surface area contributed by atoms with Crippen LogP contribution < -0.4 is 16.0 Å². The Kier molecular flexibility index (Phi) is 5.14. The highest BCUT2D eigenvalue weighted by Gasteiger charge is 2.06. The number of rotatable bonds is 5. The molecule has 0 atom stereocenters. The maximum absolute atomic E-state index is 4.46. The molecule has 2 aromatic carbocycles. The molecule has 5 nitrogen and oxygen atoms in total. The van der Waals surface area contributed by atoms with Crippen LogP contribution in [0.1, 0.15) is 24.0 Å². The summed E-state index contributed by atoms with van der Waals surface area (Å²) in [5, 5.41) is 9.93. The molecule has 0 aliphatic carbocycles. The van der Waals surface area contributed by atoms with Gasteiger partial charge in [0.15, 0.2) is 5.96 Å². The number of hydrogen-bond donors (Lipinski definition) is 3. The Hall–Kier alpha value is -2.82. The third-order valence-electron chi connectivity index (χ3n) is 4.71. The highest BCUT2D eigenvalue weighted by Crippen LogP contribution is 2.16. The molecule has 26 heavy (non-hydrogen) atoms. The minimum atomic E-state index is 0.850. The zero-order valence-corrected chi connectivity index (χ0v) is 15.0. The zero-order chi connectivity index (χ0) is 17.6. The average molecular weight is 347 g/mol. The summed E-state index contributed by atoms with van der Waals surface area (Å²) in [6, 6.07) is 17.3. The van der Waals surface area contributed by atoms with Crippen molar-refractivity contribution in [1.29, 1.82) is 0 Å². The number of amidine groups is 1. The van der Waals surface area contributed by atoms with Crippen molar-refractivity contribution in [2.45, 2.75) is 25.7 Å². The first-order chi connectivity index (χ1) is 12.8. The van der Waals surface area contributed by atoms with Crippen LogP contribution in [0.3, 0.4) is 0 Å². The number of anilines is 2. The summed E-state index contributed by atoms with van der Waals surface area (Å²) in [6.45, 7) is 2.73. The van der Waals surface area contributed by atoms with Gasteiger partial charge in [-0.05, 0) is 54.7 Å². The van der Waals surface area contributed by atoms with Gasteiger partial charge in [-0.25, -0.2) is 0 Å². The van der Waals surface area contributed by atoms with Crippen LogP contribution in [-0.2, 0) is 12.8 Å². The van der Waals surface area contributed by atoms with Gasteiger partial charge in [0.25, 0.3) is 0 Å². The third kappa shape index (κ3) is 4.42. The van der Waals surface area contributed by atoms with Gasteiger partial charge < -0.3 is 16.0 Å². The molecule has 2 heterocycles. The van der Waals surface area contributed by atoms with Crippen LogP contribution in [0.5, 0.6) is 0 Å². The monoisotopic (exact) mass is 347 g/mol. The number of aryl methyl sites for hydroxylation is 2. The molecule has 0 amide bonds. The van der Waals surface area contributed by atoms with Gasteiger partial charge >= 0.3 is 0 Å². The van der Waals surface area contributed by atoms with Gasteiger partial charge in [-0.1, -0.05) is 24.3 Å². The molecule has 0 radical (unpaired) electrons. The van der Waals surface area contributed by atoms with Gasteiger partial charge in [-0.3, -0.25) is 9.98 Å². The van der Waals surface area contributed by atoms with E-state index in [1.54, 1.807) is 0 Å². The molecule has 134 valence electrons. The van der Waals surface area contributed by atoms with E-state index in [4.69, 9.17) is 0 Å². The van der Waals surface area contributed by atoms with E-state index in [2.05, 4.69) is 74.5 Å². The van der Waals surface area contributed by atoms with Crippen molar-refractivity contribution in [1.82, 2.24) is 5.32 Å².